The van der Waals surface area contributed by atoms with Gasteiger partial charge in [-0.2, -0.15) is 0 Å². The van der Waals surface area contributed by atoms with Crippen molar-refractivity contribution in [2.75, 3.05) is 18.0 Å². The lowest BCUT2D eigenvalue weighted by atomic mass is 10.1. The molecule has 1 atom stereocenters. The summed E-state index contributed by atoms with van der Waals surface area (Å²) in [5.74, 6) is -0.481. The standard InChI is InChI=1S/C19H20N4O/c1-15-7-10-20-17(14-15)16-6-4-9-21-18(16)23-13-3-2-8-19(23,24)22-11-5-12-22/h2-4,6-10,13-14,24H,5,11-12H2,1H3. The first-order valence-corrected chi connectivity index (χ1v) is 8.19. The van der Waals surface area contributed by atoms with Crippen molar-refractivity contribution in [1.29, 1.82) is 0 Å². The molecule has 2 aromatic rings. The van der Waals surface area contributed by atoms with Crippen LogP contribution in [0.1, 0.15) is 12.0 Å². The fourth-order valence-electron chi connectivity index (χ4n) is 3.11. The smallest absolute Gasteiger partial charge is 0.223 e. The molecule has 5 heteroatoms. The van der Waals surface area contributed by atoms with Crippen LogP contribution in [-0.2, 0) is 0 Å². The second-order valence-corrected chi connectivity index (χ2v) is 6.19. The van der Waals surface area contributed by atoms with E-state index in [9.17, 15) is 5.11 Å². The number of aromatic nitrogens is 2. The molecule has 1 unspecified atom stereocenters. The normalized spacial score (nSPS) is 23.3. The zero-order valence-corrected chi connectivity index (χ0v) is 13.6. The average Bonchev–Trinajstić information content (AvgIpc) is 2.53. The molecule has 1 saturated heterocycles. The molecular weight excluding hydrogens is 300 g/mol. The van der Waals surface area contributed by atoms with Crippen LogP contribution < -0.4 is 4.90 Å². The number of likely N-dealkylation sites (tertiary alicyclic amines) is 1. The number of allylic oxidation sites excluding steroid dienone is 2. The fourth-order valence-corrected chi connectivity index (χ4v) is 3.11. The summed E-state index contributed by atoms with van der Waals surface area (Å²) in [5, 5.41) is 11.3. The minimum Gasteiger partial charge on any atom is -0.355 e. The molecule has 0 aliphatic carbocycles. The van der Waals surface area contributed by atoms with E-state index in [0.717, 1.165) is 36.3 Å². The van der Waals surface area contributed by atoms with E-state index in [1.807, 2.05) is 65.4 Å². The van der Waals surface area contributed by atoms with Crippen LogP contribution in [0.15, 0.2) is 61.1 Å². The molecule has 5 nitrogen and oxygen atoms in total. The molecule has 1 fully saturated rings. The lowest BCUT2D eigenvalue weighted by Crippen LogP contribution is -2.63. The molecule has 2 aliphatic heterocycles. The number of aryl methyl sites for hydroxylation is 1. The van der Waals surface area contributed by atoms with E-state index >= 15 is 0 Å². The Balaban J connectivity index is 1.81. The fraction of sp³-hybridized carbons (Fsp3) is 0.263. The summed E-state index contributed by atoms with van der Waals surface area (Å²) in [6.07, 6.45) is 12.1. The molecule has 1 N–H and O–H groups in total. The average molecular weight is 320 g/mol. The molecule has 0 radical (unpaired) electrons. The summed E-state index contributed by atoms with van der Waals surface area (Å²) in [5.41, 5.74) is 2.90. The molecule has 0 aromatic carbocycles. The highest BCUT2D eigenvalue weighted by Crippen LogP contribution is 2.36. The van der Waals surface area contributed by atoms with E-state index in [2.05, 4.69) is 9.97 Å². The molecule has 4 heterocycles. The number of nitrogens with zero attached hydrogens (tertiary/aromatic N) is 4. The maximum Gasteiger partial charge on any atom is 0.223 e. The van der Waals surface area contributed by atoms with E-state index in [4.69, 9.17) is 0 Å². The van der Waals surface area contributed by atoms with Crippen LogP contribution in [0.3, 0.4) is 0 Å². The zero-order valence-electron chi connectivity index (χ0n) is 13.6. The summed E-state index contributed by atoms with van der Waals surface area (Å²) in [7, 11) is 0. The van der Waals surface area contributed by atoms with Gasteiger partial charge in [0, 0.05) is 37.2 Å². The highest BCUT2D eigenvalue weighted by atomic mass is 16.3. The van der Waals surface area contributed by atoms with Gasteiger partial charge < -0.3 is 5.11 Å². The minimum absolute atomic E-state index is 0.700. The number of aliphatic hydroxyl groups is 1. The van der Waals surface area contributed by atoms with Gasteiger partial charge in [0.2, 0.25) is 5.85 Å². The summed E-state index contributed by atoms with van der Waals surface area (Å²) in [6, 6.07) is 7.90. The zero-order chi connectivity index (χ0) is 16.6. The molecule has 0 amide bonds. The molecule has 4 rings (SSSR count). The van der Waals surface area contributed by atoms with E-state index in [-0.39, 0.29) is 0 Å². The van der Waals surface area contributed by atoms with Crippen LogP contribution in [0.25, 0.3) is 11.3 Å². The molecule has 2 aromatic heterocycles. The van der Waals surface area contributed by atoms with E-state index in [1.165, 1.54) is 0 Å². The van der Waals surface area contributed by atoms with Crippen molar-refractivity contribution in [3.05, 3.63) is 66.7 Å². The number of rotatable bonds is 3. The number of pyridine rings is 2. The summed E-state index contributed by atoms with van der Waals surface area (Å²) in [6.45, 7) is 3.78. The monoisotopic (exact) mass is 320 g/mol. The molecule has 2 aliphatic rings. The van der Waals surface area contributed by atoms with Crippen LogP contribution in [0, 0.1) is 6.92 Å². The predicted octanol–water partition coefficient (Wildman–Crippen LogP) is 2.69. The van der Waals surface area contributed by atoms with Gasteiger partial charge in [0.15, 0.2) is 0 Å². The van der Waals surface area contributed by atoms with Crippen LogP contribution in [0.2, 0.25) is 0 Å². The quantitative estimate of drug-likeness (QED) is 0.942. The number of hydrogen-bond acceptors (Lipinski definition) is 5. The van der Waals surface area contributed by atoms with Crippen LogP contribution in [0.5, 0.6) is 0 Å². The van der Waals surface area contributed by atoms with Gasteiger partial charge in [0.25, 0.3) is 0 Å². The maximum atomic E-state index is 11.3. The predicted molar refractivity (Wildman–Crippen MR) is 94.1 cm³/mol. The molecule has 0 spiro atoms. The highest BCUT2D eigenvalue weighted by Gasteiger charge is 2.42. The van der Waals surface area contributed by atoms with Crippen molar-refractivity contribution in [3.8, 4) is 11.3 Å². The van der Waals surface area contributed by atoms with Crippen molar-refractivity contribution < 1.29 is 5.11 Å². The molecular formula is C19H20N4O. The van der Waals surface area contributed by atoms with Crippen molar-refractivity contribution in [3.63, 3.8) is 0 Å². The largest absolute Gasteiger partial charge is 0.355 e. The number of anilines is 1. The first kappa shape index (κ1) is 15.1. The Bertz CT molecular complexity index is 813. The lowest BCUT2D eigenvalue weighted by molar-refractivity contribution is -0.0959. The van der Waals surface area contributed by atoms with Crippen LogP contribution >= 0.6 is 0 Å². The van der Waals surface area contributed by atoms with Gasteiger partial charge in [-0.15, -0.1) is 0 Å². The summed E-state index contributed by atoms with van der Waals surface area (Å²) >= 11 is 0. The van der Waals surface area contributed by atoms with Gasteiger partial charge in [0.05, 0.1) is 5.69 Å². The van der Waals surface area contributed by atoms with Crippen LogP contribution in [0.4, 0.5) is 5.82 Å². The first-order valence-electron chi connectivity index (χ1n) is 8.19. The summed E-state index contributed by atoms with van der Waals surface area (Å²) in [4.78, 5) is 12.9. The van der Waals surface area contributed by atoms with E-state index in [1.54, 1.807) is 12.4 Å². The van der Waals surface area contributed by atoms with Crippen LogP contribution in [-0.4, -0.2) is 38.9 Å². The molecule has 122 valence electrons. The Morgan fingerprint density at radius 3 is 2.75 bits per heavy atom. The lowest BCUT2D eigenvalue weighted by Gasteiger charge is -2.49. The Kier molecular flexibility index (Phi) is 3.67. The van der Waals surface area contributed by atoms with Gasteiger partial charge >= 0.3 is 0 Å². The Morgan fingerprint density at radius 2 is 2.00 bits per heavy atom. The molecule has 0 bridgehead atoms. The van der Waals surface area contributed by atoms with Crippen molar-refractivity contribution in [2.24, 2.45) is 0 Å². The van der Waals surface area contributed by atoms with E-state index in [0.29, 0.717) is 5.82 Å². The van der Waals surface area contributed by atoms with Gasteiger partial charge in [-0.1, -0.05) is 6.08 Å². The van der Waals surface area contributed by atoms with Crippen molar-refractivity contribution >= 4 is 5.82 Å². The third-order valence-electron chi connectivity index (χ3n) is 4.55. The third-order valence-corrected chi connectivity index (χ3v) is 4.55. The van der Waals surface area contributed by atoms with E-state index < -0.39 is 5.85 Å². The van der Waals surface area contributed by atoms with Gasteiger partial charge in [0.1, 0.15) is 5.82 Å². The first-order chi connectivity index (χ1) is 11.7. The van der Waals surface area contributed by atoms with Crippen molar-refractivity contribution in [1.82, 2.24) is 14.9 Å². The Morgan fingerprint density at radius 1 is 1.12 bits per heavy atom. The second kappa shape index (κ2) is 5.85. The second-order valence-electron chi connectivity index (χ2n) is 6.19. The summed E-state index contributed by atoms with van der Waals surface area (Å²) < 4.78 is 0. The Labute approximate surface area is 141 Å². The molecule has 24 heavy (non-hydrogen) atoms. The Hall–Kier alpha value is -2.50. The SMILES string of the molecule is Cc1ccnc(-c2cccnc2N2C=CC=CC2(O)N2CCC2)c1. The maximum absolute atomic E-state index is 11.3. The third kappa shape index (κ3) is 2.42. The number of hydrogen-bond donors (Lipinski definition) is 1. The highest BCUT2D eigenvalue weighted by molar-refractivity contribution is 5.75. The topological polar surface area (TPSA) is 52.5 Å². The molecule has 0 saturated carbocycles. The van der Waals surface area contributed by atoms with Crippen molar-refractivity contribution in [2.45, 2.75) is 19.2 Å². The van der Waals surface area contributed by atoms with Gasteiger partial charge in [-0.25, -0.2) is 4.98 Å². The van der Waals surface area contributed by atoms with Gasteiger partial charge in [-0.05, 0) is 55.3 Å². The minimum atomic E-state index is -1.18. The van der Waals surface area contributed by atoms with Gasteiger partial charge in [-0.3, -0.25) is 14.8 Å².